The molecule has 2 amide bonds. The standard InChI is InChI=1S/C21H25N3O3/c1-15-9-10-19(27-2)17(12-15)23-20(25)13-22-21(26)14-24-11-5-7-16-6-3-4-8-18(16)24/h3-4,6,8-10,12H,5,7,11,13-14H2,1-2H3,(H,22,26)(H,23,25). The Kier molecular flexibility index (Phi) is 5.96. The summed E-state index contributed by atoms with van der Waals surface area (Å²) in [4.78, 5) is 26.6. The van der Waals surface area contributed by atoms with Crippen molar-refractivity contribution in [2.24, 2.45) is 0 Å². The van der Waals surface area contributed by atoms with E-state index in [1.807, 2.05) is 37.3 Å². The van der Waals surface area contributed by atoms with Gasteiger partial charge in [-0.3, -0.25) is 9.59 Å². The lowest BCUT2D eigenvalue weighted by Gasteiger charge is -2.30. The first-order chi connectivity index (χ1) is 13.1. The Morgan fingerprint density at radius 3 is 2.78 bits per heavy atom. The number of ether oxygens (including phenoxy) is 1. The second-order valence-electron chi connectivity index (χ2n) is 6.68. The van der Waals surface area contributed by atoms with E-state index in [0.717, 1.165) is 30.6 Å². The lowest BCUT2D eigenvalue weighted by atomic mass is 10.0. The van der Waals surface area contributed by atoms with Gasteiger partial charge in [0.2, 0.25) is 11.8 Å². The summed E-state index contributed by atoms with van der Waals surface area (Å²) in [6.07, 6.45) is 2.06. The van der Waals surface area contributed by atoms with E-state index in [2.05, 4.69) is 21.6 Å². The quantitative estimate of drug-likeness (QED) is 0.823. The molecule has 1 heterocycles. The zero-order valence-corrected chi connectivity index (χ0v) is 15.7. The van der Waals surface area contributed by atoms with Crippen LogP contribution in [-0.2, 0) is 16.0 Å². The van der Waals surface area contributed by atoms with Crippen molar-refractivity contribution in [3.8, 4) is 5.75 Å². The van der Waals surface area contributed by atoms with Gasteiger partial charge in [0.25, 0.3) is 0 Å². The van der Waals surface area contributed by atoms with Gasteiger partial charge in [0.15, 0.2) is 0 Å². The predicted molar refractivity (Wildman–Crippen MR) is 106 cm³/mol. The van der Waals surface area contributed by atoms with Gasteiger partial charge in [-0.25, -0.2) is 0 Å². The topological polar surface area (TPSA) is 70.7 Å². The zero-order chi connectivity index (χ0) is 19.2. The van der Waals surface area contributed by atoms with Crippen LogP contribution in [0.5, 0.6) is 5.75 Å². The highest BCUT2D eigenvalue weighted by Crippen LogP contribution is 2.26. The maximum atomic E-state index is 12.3. The predicted octanol–water partition coefficient (Wildman–Crippen LogP) is 2.51. The van der Waals surface area contributed by atoms with Crippen LogP contribution in [0.1, 0.15) is 17.5 Å². The van der Waals surface area contributed by atoms with E-state index < -0.39 is 0 Å². The summed E-state index contributed by atoms with van der Waals surface area (Å²) in [6.45, 7) is 2.95. The van der Waals surface area contributed by atoms with Crippen LogP contribution in [0, 0.1) is 6.92 Å². The molecule has 6 heteroatoms. The highest BCUT2D eigenvalue weighted by atomic mass is 16.5. The molecular weight excluding hydrogens is 342 g/mol. The number of hydrogen-bond donors (Lipinski definition) is 2. The van der Waals surface area contributed by atoms with Crippen LogP contribution in [0.15, 0.2) is 42.5 Å². The summed E-state index contributed by atoms with van der Waals surface area (Å²) in [5.74, 6) is 0.134. The van der Waals surface area contributed by atoms with Gasteiger partial charge in [0, 0.05) is 12.2 Å². The van der Waals surface area contributed by atoms with Crippen molar-refractivity contribution >= 4 is 23.2 Å². The highest BCUT2D eigenvalue weighted by Gasteiger charge is 2.19. The van der Waals surface area contributed by atoms with Crippen LogP contribution in [0.3, 0.4) is 0 Å². The van der Waals surface area contributed by atoms with Gasteiger partial charge in [-0.1, -0.05) is 24.3 Å². The van der Waals surface area contributed by atoms with Crippen LogP contribution in [-0.4, -0.2) is 38.6 Å². The van der Waals surface area contributed by atoms with E-state index in [1.165, 1.54) is 5.56 Å². The number of amides is 2. The minimum absolute atomic E-state index is 0.0780. The summed E-state index contributed by atoms with van der Waals surface area (Å²) in [5, 5.41) is 5.48. The molecule has 2 aromatic carbocycles. The maximum Gasteiger partial charge on any atom is 0.243 e. The number of benzene rings is 2. The minimum atomic E-state index is -0.286. The number of rotatable bonds is 6. The Morgan fingerprint density at radius 2 is 1.96 bits per heavy atom. The molecule has 0 radical (unpaired) electrons. The molecule has 2 aromatic rings. The lowest BCUT2D eigenvalue weighted by Crippen LogP contribution is -2.42. The molecule has 1 aliphatic heterocycles. The van der Waals surface area contributed by atoms with Crippen LogP contribution < -0.4 is 20.3 Å². The molecule has 6 nitrogen and oxygen atoms in total. The number of anilines is 2. The molecular formula is C21H25N3O3. The van der Waals surface area contributed by atoms with Gasteiger partial charge in [-0.05, 0) is 49.1 Å². The Balaban J connectivity index is 1.53. The van der Waals surface area contributed by atoms with Gasteiger partial charge in [0.05, 0.1) is 25.9 Å². The largest absolute Gasteiger partial charge is 0.495 e. The number of para-hydroxylation sites is 1. The zero-order valence-electron chi connectivity index (χ0n) is 15.7. The average Bonchev–Trinajstić information content (AvgIpc) is 2.67. The molecule has 0 saturated heterocycles. The van der Waals surface area contributed by atoms with Crippen LogP contribution in [0.2, 0.25) is 0 Å². The van der Waals surface area contributed by atoms with Gasteiger partial charge >= 0.3 is 0 Å². The number of carbonyl (C=O) groups excluding carboxylic acids is 2. The molecule has 27 heavy (non-hydrogen) atoms. The number of nitrogens with one attached hydrogen (secondary N) is 2. The van der Waals surface area contributed by atoms with E-state index in [0.29, 0.717) is 11.4 Å². The van der Waals surface area contributed by atoms with Crippen molar-refractivity contribution in [2.75, 3.05) is 37.0 Å². The van der Waals surface area contributed by atoms with Gasteiger partial charge in [-0.2, -0.15) is 0 Å². The molecule has 2 N–H and O–H groups in total. The van der Waals surface area contributed by atoms with E-state index in [1.54, 1.807) is 13.2 Å². The third-order valence-corrected chi connectivity index (χ3v) is 4.62. The summed E-state index contributed by atoms with van der Waals surface area (Å²) in [5.41, 5.74) is 3.98. The number of nitrogens with zero attached hydrogens (tertiary/aromatic N) is 1. The van der Waals surface area contributed by atoms with Crippen LogP contribution >= 0.6 is 0 Å². The summed E-state index contributed by atoms with van der Waals surface area (Å²) >= 11 is 0. The molecule has 0 saturated carbocycles. The van der Waals surface area contributed by atoms with E-state index in [4.69, 9.17) is 4.74 Å². The van der Waals surface area contributed by atoms with E-state index >= 15 is 0 Å². The lowest BCUT2D eigenvalue weighted by molar-refractivity contribution is -0.123. The molecule has 3 rings (SSSR count). The number of aryl methyl sites for hydroxylation is 2. The maximum absolute atomic E-state index is 12.3. The first-order valence-corrected chi connectivity index (χ1v) is 9.11. The first-order valence-electron chi connectivity index (χ1n) is 9.11. The van der Waals surface area contributed by atoms with E-state index in [9.17, 15) is 9.59 Å². The highest BCUT2D eigenvalue weighted by molar-refractivity contribution is 5.96. The fourth-order valence-corrected chi connectivity index (χ4v) is 3.30. The van der Waals surface area contributed by atoms with Crippen LogP contribution in [0.4, 0.5) is 11.4 Å². The van der Waals surface area contributed by atoms with Crippen molar-refractivity contribution in [3.63, 3.8) is 0 Å². The average molecular weight is 367 g/mol. The molecule has 0 unspecified atom stereocenters. The molecule has 0 aliphatic carbocycles. The number of fused-ring (bicyclic) bond motifs is 1. The number of methoxy groups -OCH3 is 1. The Bertz CT molecular complexity index is 835. The fourth-order valence-electron chi connectivity index (χ4n) is 3.30. The second-order valence-corrected chi connectivity index (χ2v) is 6.68. The Morgan fingerprint density at radius 1 is 1.15 bits per heavy atom. The third-order valence-electron chi connectivity index (χ3n) is 4.62. The molecule has 0 fully saturated rings. The SMILES string of the molecule is COc1ccc(C)cc1NC(=O)CNC(=O)CN1CCCc2ccccc21. The van der Waals surface area contributed by atoms with Crippen molar-refractivity contribution in [3.05, 3.63) is 53.6 Å². The normalized spacial score (nSPS) is 12.9. The number of hydrogen-bond acceptors (Lipinski definition) is 4. The van der Waals surface area contributed by atoms with Crippen molar-refractivity contribution in [1.29, 1.82) is 0 Å². The Labute approximate surface area is 159 Å². The minimum Gasteiger partial charge on any atom is -0.495 e. The van der Waals surface area contributed by atoms with E-state index in [-0.39, 0.29) is 24.9 Å². The van der Waals surface area contributed by atoms with Gasteiger partial charge < -0.3 is 20.3 Å². The molecule has 0 aromatic heterocycles. The first kappa shape index (κ1) is 18.8. The molecule has 0 spiro atoms. The molecule has 0 bridgehead atoms. The summed E-state index contributed by atoms with van der Waals surface area (Å²) in [7, 11) is 1.55. The van der Waals surface area contributed by atoms with Crippen molar-refractivity contribution in [1.82, 2.24) is 5.32 Å². The second kappa shape index (κ2) is 8.58. The van der Waals surface area contributed by atoms with Gasteiger partial charge in [-0.15, -0.1) is 0 Å². The Hall–Kier alpha value is -3.02. The van der Waals surface area contributed by atoms with Crippen molar-refractivity contribution < 1.29 is 14.3 Å². The summed E-state index contributed by atoms with van der Waals surface area (Å²) in [6, 6.07) is 13.7. The molecule has 142 valence electrons. The third kappa shape index (κ3) is 4.78. The number of carbonyl (C=O) groups is 2. The monoisotopic (exact) mass is 367 g/mol. The fraction of sp³-hybridized carbons (Fsp3) is 0.333. The molecule has 0 atom stereocenters. The van der Waals surface area contributed by atoms with Crippen LogP contribution in [0.25, 0.3) is 0 Å². The molecule has 1 aliphatic rings. The smallest absolute Gasteiger partial charge is 0.243 e. The van der Waals surface area contributed by atoms with Crippen molar-refractivity contribution in [2.45, 2.75) is 19.8 Å². The summed E-state index contributed by atoms with van der Waals surface area (Å²) < 4.78 is 5.25. The van der Waals surface area contributed by atoms with Gasteiger partial charge in [0.1, 0.15) is 5.75 Å².